The van der Waals surface area contributed by atoms with Crippen LogP contribution in [0.3, 0.4) is 0 Å². The van der Waals surface area contributed by atoms with Crippen molar-refractivity contribution in [3.8, 4) is 36.0 Å². The number of terminal acetylenes is 1. The largest absolute Gasteiger partial charge is 0.384 e. The number of hydrogen-bond donors (Lipinski definition) is 5. The zero-order valence-electron chi connectivity index (χ0n) is 35.6. The van der Waals surface area contributed by atoms with E-state index in [-0.39, 0.29) is 73.8 Å². The summed E-state index contributed by atoms with van der Waals surface area (Å²) in [7, 11) is 0. The highest BCUT2D eigenvalue weighted by Gasteiger charge is 2.41. The number of hydrogen-bond acceptors (Lipinski definition) is 12. The first kappa shape index (κ1) is 48.7. The predicted molar refractivity (Wildman–Crippen MR) is 238 cm³/mol. The molecule has 0 aromatic heterocycles. The molecule has 5 N–H and O–H groups in total. The Morgan fingerprint density at radius 1 is 0.582 bits per heavy atom. The maximum absolute atomic E-state index is 12.5. The summed E-state index contributed by atoms with van der Waals surface area (Å²) in [5.41, 5.74) is 5.42. The lowest BCUT2D eigenvalue weighted by Crippen LogP contribution is -2.52. The normalized spacial score (nSPS) is 19.9. The third-order valence-corrected chi connectivity index (χ3v) is 11.7. The van der Waals surface area contributed by atoms with E-state index in [0.717, 1.165) is 21.2 Å². The number of imide groups is 3. The van der Waals surface area contributed by atoms with E-state index in [1.54, 1.807) is 47.4 Å². The SMILES string of the molecule is C#CCO.O=C1CCC(N2Cc3ccc(Br)cc3C2=O)C(=O)N1.O=C1CCC(N2Cc3ccc(C#CCO)cc3C2=O)C(=O)N1.O=CC#Cc1ccc2c(c1)C(=O)N(C1CCC(=O)NC1=O)C2. The molecular formula is C48H41BrN6O12. The average molecular weight is 974 g/mol. The van der Waals surface area contributed by atoms with Crippen molar-refractivity contribution in [2.75, 3.05) is 13.2 Å². The minimum Gasteiger partial charge on any atom is -0.384 e. The molecule has 3 saturated heterocycles. The highest BCUT2D eigenvalue weighted by Crippen LogP contribution is 2.31. The molecule has 3 fully saturated rings. The van der Waals surface area contributed by atoms with Gasteiger partial charge < -0.3 is 24.9 Å². The van der Waals surface area contributed by atoms with Gasteiger partial charge in [0.1, 0.15) is 31.3 Å². The third-order valence-electron chi connectivity index (χ3n) is 11.2. The number of carbonyl (C=O) groups excluding carboxylic acids is 10. The molecule has 6 aliphatic heterocycles. The van der Waals surface area contributed by atoms with E-state index < -0.39 is 29.9 Å². The lowest BCUT2D eigenvalue weighted by Gasteiger charge is -2.29. The minimum absolute atomic E-state index is 0.147. The fraction of sp³-hybridized carbons (Fsp3) is 0.292. The van der Waals surface area contributed by atoms with Gasteiger partial charge in [-0.15, -0.1) is 6.42 Å². The van der Waals surface area contributed by atoms with Gasteiger partial charge in [-0.05, 0) is 78.3 Å². The Kier molecular flexibility index (Phi) is 16.0. The maximum Gasteiger partial charge on any atom is 0.255 e. The average Bonchev–Trinajstić information content (AvgIpc) is 3.94. The lowest BCUT2D eigenvalue weighted by atomic mass is 10.0. The number of piperidine rings is 3. The number of aldehydes is 1. The zero-order chi connectivity index (χ0) is 48.4. The standard InChI is InChI=1S/C16H14N2O4.C16H12N2O4.C13H11BrN2O3.C3H4O/c2*19-7-1-2-10-3-4-11-9-18(16(22)12(11)8-10)13-5-6-14(20)17-15(13)21;14-8-2-1-7-6-16(13(19)9(7)5-8)10-3-4-11(17)15-12(10)18;1-2-3-4/h3-4,8,13,19H,5-7,9H2,(H,17,20,21);3-4,7-8,13H,5-6,9H2,(H,17,20,21);1-2,5,10H,3-4,6H2,(H,15,17,18);1,4H,3H2. The summed E-state index contributed by atoms with van der Waals surface area (Å²) >= 11 is 3.33. The van der Waals surface area contributed by atoms with E-state index in [2.05, 4.69) is 62.0 Å². The summed E-state index contributed by atoms with van der Waals surface area (Å²) in [6.07, 6.45) is 6.84. The van der Waals surface area contributed by atoms with E-state index in [1.807, 2.05) is 18.1 Å². The second kappa shape index (κ2) is 21.9. The van der Waals surface area contributed by atoms with Crippen molar-refractivity contribution >= 4 is 75.4 Å². The molecule has 0 bridgehead atoms. The molecule has 0 radical (unpaired) electrons. The highest BCUT2D eigenvalue weighted by molar-refractivity contribution is 9.10. The summed E-state index contributed by atoms with van der Waals surface area (Å²) in [6.45, 7) is 0.719. The molecular weight excluding hydrogens is 932 g/mol. The van der Waals surface area contributed by atoms with Gasteiger partial charge in [0.2, 0.25) is 35.4 Å². The molecule has 0 aliphatic carbocycles. The van der Waals surface area contributed by atoms with E-state index in [9.17, 15) is 47.9 Å². The van der Waals surface area contributed by atoms with Gasteiger partial charge in [0.25, 0.3) is 17.7 Å². The Labute approximate surface area is 391 Å². The first-order valence-electron chi connectivity index (χ1n) is 20.7. The smallest absolute Gasteiger partial charge is 0.255 e. The molecule has 3 unspecified atom stereocenters. The van der Waals surface area contributed by atoms with Crippen LogP contribution in [0.15, 0.2) is 59.1 Å². The van der Waals surface area contributed by atoms with Crippen molar-refractivity contribution < 1.29 is 58.2 Å². The van der Waals surface area contributed by atoms with Crippen LogP contribution in [0, 0.1) is 36.0 Å². The Hall–Kier alpha value is -7.76. The van der Waals surface area contributed by atoms with E-state index in [1.165, 1.54) is 9.80 Å². The quantitative estimate of drug-likeness (QED) is 0.138. The van der Waals surface area contributed by atoms with Crippen molar-refractivity contribution in [1.82, 2.24) is 30.7 Å². The Bertz CT molecular complexity index is 2780. The van der Waals surface area contributed by atoms with Crippen LogP contribution in [-0.2, 0) is 53.2 Å². The second-order valence-electron chi connectivity index (χ2n) is 15.5. The van der Waals surface area contributed by atoms with Gasteiger partial charge in [-0.3, -0.25) is 63.9 Å². The first-order chi connectivity index (χ1) is 32.2. The number of benzene rings is 3. The summed E-state index contributed by atoms with van der Waals surface area (Å²) in [5, 5.41) is 23.2. The zero-order valence-corrected chi connectivity index (χ0v) is 37.1. The van der Waals surface area contributed by atoms with Gasteiger partial charge in [-0.1, -0.05) is 57.8 Å². The molecule has 6 aliphatic rings. The van der Waals surface area contributed by atoms with Crippen LogP contribution in [-0.4, -0.2) is 116 Å². The van der Waals surface area contributed by atoms with Crippen LogP contribution in [0.5, 0.6) is 0 Å². The molecule has 67 heavy (non-hydrogen) atoms. The summed E-state index contributed by atoms with van der Waals surface area (Å²) in [5.74, 6) is 9.49. The fourth-order valence-electron chi connectivity index (χ4n) is 8.05. The first-order valence-corrected chi connectivity index (χ1v) is 21.5. The Morgan fingerprint density at radius 3 is 1.31 bits per heavy atom. The molecule has 0 saturated carbocycles. The molecule has 19 heteroatoms. The number of aliphatic hydroxyl groups is 2. The van der Waals surface area contributed by atoms with E-state index in [0.29, 0.717) is 73.0 Å². The molecule has 3 atom stereocenters. The maximum atomic E-state index is 12.5. The lowest BCUT2D eigenvalue weighted by molar-refractivity contribution is -0.138. The molecule has 3 aromatic carbocycles. The topological polar surface area (TPSA) is 257 Å². The molecule has 9 amide bonds. The van der Waals surface area contributed by atoms with Gasteiger partial charge in [0, 0.05) is 71.2 Å². The van der Waals surface area contributed by atoms with Gasteiger partial charge in [0.05, 0.1) is 0 Å². The van der Waals surface area contributed by atoms with Crippen molar-refractivity contribution in [3.05, 3.63) is 104 Å². The molecule has 342 valence electrons. The predicted octanol–water partition coefficient (Wildman–Crippen LogP) is 0.611. The molecule has 6 heterocycles. The van der Waals surface area contributed by atoms with Gasteiger partial charge in [-0.2, -0.15) is 0 Å². The number of nitrogens with zero attached hydrogens (tertiary/aromatic N) is 3. The molecule has 3 aromatic rings. The van der Waals surface area contributed by atoms with E-state index >= 15 is 0 Å². The van der Waals surface area contributed by atoms with Crippen LogP contribution in [0.25, 0.3) is 0 Å². The van der Waals surface area contributed by atoms with Crippen LogP contribution in [0.4, 0.5) is 0 Å². The number of carbonyl (C=O) groups is 10. The van der Waals surface area contributed by atoms with E-state index in [4.69, 9.17) is 10.2 Å². The number of amides is 9. The van der Waals surface area contributed by atoms with Crippen molar-refractivity contribution in [2.24, 2.45) is 0 Å². The monoisotopic (exact) mass is 972 g/mol. The third kappa shape index (κ3) is 11.4. The van der Waals surface area contributed by atoms with Crippen molar-refractivity contribution in [2.45, 2.75) is 76.3 Å². The Morgan fingerprint density at radius 2 is 0.955 bits per heavy atom. The second-order valence-corrected chi connectivity index (χ2v) is 16.4. The number of rotatable bonds is 3. The van der Waals surface area contributed by atoms with Gasteiger partial charge in [0.15, 0.2) is 6.29 Å². The number of halogens is 1. The van der Waals surface area contributed by atoms with Crippen LogP contribution < -0.4 is 16.0 Å². The highest BCUT2D eigenvalue weighted by atomic mass is 79.9. The van der Waals surface area contributed by atoms with Crippen molar-refractivity contribution in [1.29, 1.82) is 0 Å². The summed E-state index contributed by atoms with van der Waals surface area (Å²) in [6, 6.07) is 14.1. The fourth-order valence-corrected chi connectivity index (χ4v) is 8.41. The number of fused-ring (bicyclic) bond motifs is 3. The van der Waals surface area contributed by atoms with Crippen LogP contribution >= 0.6 is 15.9 Å². The van der Waals surface area contributed by atoms with Gasteiger partial charge in [-0.25, -0.2) is 0 Å². The van der Waals surface area contributed by atoms with Gasteiger partial charge >= 0.3 is 0 Å². The number of nitrogens with one attached hydrogen (secondary N) is 3. The van der Waals surface area contributed by atoms with Crippen molar-refractivity contribution in [3.63, 3.8) is 0 Å². The van der Waals surface area contributed by atoms with Crippen LogP contribution in [0.2, 0.25) is 0 Å². The molecule has 0 spiro atoms. The van der Waals surface area contributed by atoms with Crippen LogP contribution in [0.1, 0.15) is 97.4 Å². The minimum atomic E-state index is -0.623. The Balaban J connectivity index is 0.000000160. The summed E-state index contributed by atoms with van der Waals surface area (Å²) < 4.78 is 0.838. The molecule has 18 nitrogen and oxygen atoms in total. The summed E-state index contributed by atoms with van der Waals surface area (Å²) in [4.78, 5) is 121. The number of aliphatic hydroxyl groups excluding tert-OH is 2. The molecule has 9 rings (SSSR count).